The van der Waals surface area contributed by atoms with Crippen LogP contribution in [0.2, 0.25) is 0 Å². The molecule has 0 aliphatic heterocycles. The number of benzene rings is 1. The number of carbonyl (C=O) groups is 1. The molecule has 2 rings (SSSR count). The molecular formula is C16H27N4O3+. The van der Waals surface area contributed by atoms with Crippen molar-refractivity contribution in [1.82, 2.24) is 4.98 Å². The Balaban J connectivity index is 0.000000241. The van der Waals surface area contributed by atoms with E-state index in [4.69, 9.17) is 11.5 Å². The zero-order valence-electron chi connectivity index (χ0n) is 14.0. The monoisotopic (exact) mass is 323 g/mol. The van der Waals surface area contributed by atoms with E-state index in [1.165, 1.54) is 0 Å². The van der Waals surface area contributed by atoms with Crippen molar-refractivity contribution in [3.8, 4) is 5.75 Å². The fourth-order valence-corrected chi connectivity index (χ4v) is 1.95. The molecule has 7 nitrogen and oxygen atoms in total. The van der Waals surface area contributed by atoms with E-state index >= 15 is 0 Å². The maximum Gasteiger partial charge on any atom is 0.404 e. The van der Waals surface area contributed by atoms with E-state index in [0.717, 1.165) is 33.9 Å². The Morgan fingerprint density at radius 3 is 2.61 bits per heavy atom. The number of quaternary nitrogens is 1. The highest BCUT2D eigenvalue weighted by molar-refractivity contribution is 5.84. The van der Waals surface area contributed by atoms with Crippen molar-refractivity contribution in [3.63, 3.8) is 0 Å². The Morgan fingerprint density at radius 1 is 1.35 bits per heavy atom. The summed E-state index contributed by atoms with van der Waals surface area (Å²) in [5.74, 6) is 0.297. The fraction of sp³-hybridized carbons (Fsp3) is 0.438. The van der Waals surface area contributed by atoms with E-state index in [-0.39, 0.29) is 0 Å². The van der Waals surface area contributed by atoms with Gasteiger partial charge in [-0.05, 0) is 36.7 Å². The van der Waals surface area contributed by atoms with Crippen molar-refractivity contribution in [2.24, 2.45) is 11.5 Å². The predicted molar refractivity (Wildman–Crippen MR) is 91.2 cm³/mol. The number of nitrogens with one attached hydrogen (secondary N) is 1. The van der Waals surface area contributed by atoms with Crippen LogP contribution in [0.4, 0.5) is 4.79 Å². The van der Waals surface area contributed by atoms with E-state index in [9.17, 15) is 9.90 Å². The zero-order chi connectivity index (χ0) is 17.5. The number of carbonyl (C=O) groups excluding carboxylic acids is 1. The van der Waals surface area contributed by atoms with Gasteiger partial charge in [-0.25, -0.2) is 4.79 Å². The number of nitrogens with zero attached hydrogens (tertiary/aromatic N) is 1. The molecule has 0 saturated heterocycles. The molecule has 0 unspecified atom stereocenters. The van der Waals surface area contributed by atoms with Crippen LogP contribution >= 0.6 is 0 Å². The largest absolute Gasteiger partial charge is 0.508 e. The number of aromatic amines is 1. The second-order valence-electron chi connectivity index (χ2n) is 6.26. The number of hydrogen-bond acceptors (Lipinski definition) is 4. The molecule has 1 aromatic carbocycles. The minimum atomic E-state index is -0.701. The first-order valence-corrected chi connectivity index (χ1v) is 7.44. The number of phenols is 1. The summed E-state index contributed by atoms with van der Waals surface area (Å²) in [4.78, 5) is 13.2. The number of primary amides is 1. The highest BCUT2D eigenvalue weighted by Gasteiger charge is 2.06. The normalized spacial score (nSPS) is 11.0. The van der Waals surface area contributed by atoms with Gasteiger partial charge in [0.05, 0.1) is 21.1 Å². The van der Waals surface area contributed by atoms with Gasteiger partial charge in [0.2, 0.25) is 0 Å². The molecule has 1 aromatic heterocycles. The smallest absolute Gasteiger partial charge is 0.404 e. The van der Waals surface area contributed by atoms with Gasteiger partial charge < -0.3 is 30.8 Å². The van der Waals surface area contributed by atoms with E-state index < -0.39 is 6.09 Å². The third-order valence-electron chi connectivity index (χ3n) is 3.17. The first-order valence-electron chi connectivity index (χ1n) is 7.44. The average Bonchev–Trinajstić information content (AvgIpc) is 2.81. The molecule has 0 atom stereocenters. The SMILES string of the molecule is C[N+](C)(C)CCOC(N)=O.NCCc1c[nH]c2ccc(O)cc12. The number of phenolic OH excluding ortho intramolecular Hbond substituents is 1. The number of fused-ring (bicyclic) bond motifs is 1. The quantitative estimate of drug-likeness (QED) is 0.618. The molecule has 0 bridgehead atoms. The molecule has 23 heavy (non-hydrogen) atoms. The van der Waals surface area contributed by atoms with Gasteiger partial charge in [0, 0.05) is 17.1 Å². The molecule has 0 aliphatic carbocycles. The van der Waals surface area contributed by atoms with Gasteiger partial charge in [0.15, 0.2) is 0 Å². The summed E-state index contributed by atoms with van der Waals surface area (Å²) in [6.07, 6.45) is 2.08. The summed E-state index contributed by atoms with van der Waals surface area (Å²) >= 11 is 0. The highest BCUT2D eigenvalue weighted by Crippen LogP contribution is 2.22. The van der Waals surface area contributed by atoms with Crippen molar-refractivity contribution in [1.29, 1.82) is 0 Å². The second-order valence-corrected chi connectivity index (χ2v) is 6.26. The summed E-state index contributed by atoms with van der Waals surface area (Å²) in [7, 11) is 6.05. The number of nitrogens with two attached hydrogens (primary N) is 2. The van der Waals surface area contributed by atoms with Crippen LogP contribution in [-0.4, -0.2) is 61.5 Å². The van der Waals surface area contributed by atoms with E-state index in [1.54, 1.807) is 12.1 Å². The van der Waals surface area contributed by atoms with Crippen LogP contribution in [0.3, 0.4) is 0 Å². The van der Waals surface area contributed by atoms with E-state index in [0.29, 0.717) is 18.9 Å². The molecule has 0 radical (unpaired) electrons. The van der Waals surface area contributed by atoms with Gasteiger partial charge in [-0.15, -0.1) is 0 Å². The standard InChI is InChI=1S/C10H12N2O.C6H14N2O2/c11-4-3-7-6-12-10-2-1-8(13)5-9(7)10;1-8(2,3)4-5-10-6(7)9/h1-2,5-6,12-13H,3-4,11H2;4-5H2,1-3H3,(H-,7,9)/p+1. The van der Waals surface area contributed by atoms with Gasteiger partial charge in [-0.2, -0.15) is 0 Å². The topological polar surface area (TPSA) is 114 Å². The minimum Gasteiger partial charge on any atom is -0.508 e. The molecular weight excluding hydrogens is 296 g/mol. The highest BCUT2D eigenvalue weighted by atomic mass is 16.5. The molecule has 7 heteroatoms. The van der Waals surface area contributed by atoms with Crippen molar-refractivity contribution in [2.45, 2.75) is 6.42 Å². The van der Waals surface area contributed by atoms with Gasteiger partial charge in [0.1, 0.15) is 18.9 Å². The number of aromatic nitrogens is 1. The Morgan fingerprint density at radius 2 is 2.04 bits per heavy atom. The lowest BCUT2D eigenvalue weighted by Gasteiger charge is -2.22. The number of hydrogen-bond donors (Lipinski definition) is 4. The summed E-state index contributed by atoms with van der Waals surface area (Å²) in [5.41, 5.74) is 12.4. The number of rotatable bonds is 5. The zero-order valence-corrected chi connectivity index (χ0v) is 14.0. The first kappa shape index (κ1) is 18.8. The van der Waals surface area contributed by atoms with Crippen LogP contribution in [0.15, 0.2) is 24.4 Å². The summed E-state index contributed by atoms with van der Waals surface area (Å²) in [5, 5.41) is 10.4. The number of likely N-dealkylation sites (N-methyl/N-ethyl adjacent to an activating group) is 1. The molecule has 2 aromatic rings. The van der Waals surface area contributed by atoms with Crippen LogP contribution < -0.4 is 11.5 Å². The summed E-state index contributed by atoms with van der Waals surface area (Å²) in [6, 6.07) is 5.30. The van der Waals surface area contributed by atoms with Gasteiger partial charge in [0.25, 0.3) is 0 Å². The number of ether oxygens (including phenoxy) is 1. The first-order chi connectivity index (χ1) is 10.7. The number of amides is 1. The predicted octanol–water partition coefficient (Wildman–Crippen LogP) is 1.16. The Hall–Kier alpha value is -2.25. The van der Waals surface area contributed by atoms with E-state index in [1.807, 2.05) is 33.4 Å². The maximum atomic E-state index is 10.1. The van der Waals surface area contributed by atoms with Crippen LogP contribution in [0.25, 0.3) is 10.9 Å². The van der Waals surface area contributed by atoms with Gasteiger partial charge in [-0.1, -0.05) is 0 Å². The van der Waals surface area contributed by atoms with Crippen molar-refractivity contribution >= 4 is 17.0 Å². The van der Waals surface area contributed by atoms with Crippen LogP contribution in [-0.2, 0) is 11.2 Å². The molecule has 0 fully saturated rings. The summed E-state index contributed by atoms with van der Waals surface area (Å²) < 4.78 is 5.31. The lowest BCUT2D eigenvalue weighted by molar-refractivity contribution is -0.870. The Kier molecular flexibility index (Phi) is 6.87. The molecule has 6 N–H and O–H groups in total. The Labute approximate surface area is 136 Å². The van der Waals surface area contributed by atoms with Crippen molar-refractivity contribution < 1.29 is 19.1 Å². The molecule has 1 amide bonds. The fourth-order valence-electron chi connectivity index (χ4n) is 1.95. The van der Waals surface area contributed by atoms with Gasteiger partial charge in [-0.3, -0.25) is 0 Å². The third-order valence-corrected chi connectivity index (χ3v) is 3.17. The lowest BCUT2D eigenvalue weighted by atomic mass is 10.1. The van der Waals surface area contributed by atoms with Crippen LogP contribution in [0.5, 0.6) is 5.75 Å². The lowest BCUT2D eigenvalue weighted by Crippen LogP contribution is -2.38. The third kappa shape index (κ3) is 7.03. The number of aromatic hydroxyl groups is 1. The molecule has 0 aliphatic rings. The molecule has 0 spiro atoms. The van der Waals surface area contributed by atoms with Crippen LogP contribution in [0.1, 0.15) is 5.56 Å². The van der Waals surface area contributed by atoms with Crippen LogP contribution in [0, 0.1) is 0 Å². The molecule has 128 valence electrons. The summed E-state index contributed by atoms with van der Waals surface area (Å²) in [6.45, 7) is 1.80. The maximum absolute atomic E-state index is 10.1. The number of H-pyrrole nitrogens is 1. The second kappa shape index (κ2) is 8.40. The van der Waals surface area contributed by atoms with Crippen molar-refractivity contribution in [3.05, 3.63) is 30.0 Å². The molecule has 0 saturated carbocycles. The Bertz CT molecular complexity index is 632. The minimum absolute atomic E-state index is 0.297. The average molecular weight is 323 g/mol. The van der Waals surface area contributed by atoms with Crippen molar-refractivity contribution in [2.75, 3.05) is 40.8 Å². The molecule has 1 heterocycles. The van der Waals surface area contributed by atoms with E-state index in [2.05, 4.69) is 9.72 Å². The van der Waals surface area contributed by atoms with Gasteiger partial charge >= 0.3 is 6.09 Å².